The maximum atomic E-state index is 12.0. The average Bonchev–Trinajstić information content (AvgIpc) is 2.86. The van der Waals surface area contributed by atoms with E-state index in [0.29, 0.717) is 28.9 Å². The van der Waals surface area contributed by atoms with Gasteiger partial charge in [0.2, 0.25) is 5.91 Å². The smallest absolute Gasteiger partial charge is 0.226 e. The molecular weight excluding hydrogens is 314 g/mol. The highest BCUT2D eigenvalue weighted by molar-refractivity contribution is 7.16. The van der Waals surface area contributed by atoms with Crippen LogP contribution in [0.1, 0.15) is 36.6 Å². The second kappa shape index (κ2) is 6.08. The molecule has 2 heterocycles. The summed E-state index contributed by atoms with van der Waals surface area (Å²) in [4.78, 5) is 17.2. The van der Waals surface area contributed by atoms with Gasteiger partial charge in [-0.15, -0.1) is 0 Å². The van der Waals surface area contributed by atoms with Crippen molar-refractivity contribution in [1.29, 1.82) is 0 Å². The first-order valence-electron chi connectivity index (χ1n) is 7.39. The normalized spacial score (nSPS) is 16.9. The number of hydrogen-bond acceptors (Lipinski definition) is 6. The lowest BCUT2D eigenvalue weighted by atomic mass is 9.90. The molecule has 1 amide bonds. The predicted octanol–water partition coefficient (Wildman–Crippen LogP) is 3.00. The molecular formula is C16H19N3O3S. The molecule has 1 aromatic heterocycles. The van der Waals surface area contributed by atoms with Crippen LogP contribution in [0.2, 0.25) is 0 Å². The van der Waals surface area contributed by atoms with Gasteiger partial charge >= 0.3 is 0 Å². The molecule has 23 heavy (non-hydrogen) atoms. The number of fused-ring (bicyclic) bond motifs is 1. The summed E-state index contributed by atoms with van der Waals surface area (Å²) in [5.41, 5.74) is 6.73. The number of nitrogen functional groups attached to an aromatic ring is 1. The summed E-state index contributed by atoms with van der Waals surface area (Å²) in [5.74, 6) is 1.65. The minimum atomic E-state index is -0.141. The summed E-state index contributed by atoms with van der Waals surface area (Å²) in [6.07, 6.45) is 0.324. The van der Waals surface area contributed by atoms with Crippen LogP contribution < -0.4 is 20.5 Å². The molecule has 1 atom stereocenters. The van der Waals surface area contributed by atoms with Crippen molar-refractivity contribution in [1.82, 2.24) is 4.98 Å². The summed E-state index contributed by atoms with van der Waals surface area (Å²) < 4.78 is 11.4. The van der Waals surface area contributed by atoms with E-state index >= 15 is 0 Å². The van der Waals surface area contributed by atoms with Crippen LogP contribution >= 0.6 is 11.3 Å². The highest BCUT2D eigenvalue weighted by atomic mass is 32.1. The van der Waals surface area contributed by atoms with E-state index in [0.717, 1.165) is 10.4 Å². The quantitative estimate of drug-likeness (QED) is 0.898. The Morgan fingerprint density at radius 1 is 1.43 bits per heavy atom. The van der Waals surface area contributed by atoms with Crippen molar-refractivity contribution >= 4 is 28.2 Å². The summed E-state index contributed by atoms with van der Waals surface area (Å²) in [6.45, 7) is 3.92. The Kier molecular flexibility index (Phi) is 4.12. The Morgan fingerprint density at radius 3 is 2.91 bits per heavy atom. The molecule has 0 aliphatic carbocycles. The fourth-order valence-electron chi connectivity index (χ4n) is 2.72. The second-order valence-electron chi connectivity index (χ2n) is 5.62. The number of nitrogens with zero attached hydrogens (tertiary/aromatic N) is 1. The van der Waals surface area contributed by atoms with Gasteiger partial charge in [0.05, 0.1) is 18.1 Å². The molecule has 2 aromatic rings. The first-order chi connectivity index (χ1) is 11.0. The lowest BCUT2D eigenvalue weighted by molar-refractivity contribution is -0.116. The number of para-hydroxylation sites is 1. The van der Waals surface area contributed by atoms with Gasteiger partial charge in [0.25, 0.3) is 0 Å². The predicted molar refractivity (Wildman–Crippen MR) is 90.4 cm³/mol. The van der Waals surface area contributed by atoms with Gasteiger partial charge in [-0.25, -0.2) is 4.98 Å². The Bertz CT molecular complexity index is 742. The monoisotopic (exact) mass is 333 g/mol. The number of thiazole rings is 1. The largest absolute Gasteiger partial charge is 0.493 e. The van der Waals surface area contributed by atoms with Crippen molar-refractivity contribution < 1.29 is 14.3 Å². The third-order valence-electron chi connectivity index (χ3n) is 3.59. The van der Waals surface area contributed by atoms with Crippen molar-refractivity contribution in [2.45, 2.75) is 32.3 Å². The Morgan fingerprint density at radius 2 is 2.22 bits per heavy atom. The number of amides is 1. The van der Waals surface area contributed by atoms with Crippen molar-refractivity contribution in [3.63, 3.8) is 0 Å². The third-order valence-corrected chi connectivity index (χ3v) is 4.59. The molecule has 6 nitrogen and oxygen atoms in total. The zero-order valence-electron chi connectivity index (χ0n) is 13.3. The van der Waals surface area contributed by atoms with Gasteiger partial charge in [0.15, 0.2) is 16.6 Å². The van der Waals surface area contributed by atoms with Gasteiger partial charge in [-0.1, -0.05) is 23.5 Å². The van der Waals surface area contributed by atoms with Crippen molar-refractivity contribution in [2.24, 2.45) is 0 Å². The molecule has 0 fully saturated rings. The molecule has 1 aliphatic heterocycles. The molecule has 1 aromatic carbocycles. The van der Waals surface area contributed by atoms with Gasteiger partial charge in [-0.3, -0.25) is 4.79 Å². The van der Waals surface area contributed by atoms with Crippen LogP contribution in [-0.2, 0) is 4.79 Å². The van der Waals surface area contributed by atoms with Gasteiger partial charge in [-0.05, 0) is 19.9 Å². The van der Waals surface area contributed by atoms with Crippen LogP contribution in [0.3, 0.4) is 0 Å². The van der Waals surface area contributed by atoms with Crippen LogP contribution in [0.4, 0.5) is 10.9 Å². The first kappa shape index (κ1) is 15.6. The highest BCUT2D eigenvalue weighted by Crippen LogP contribution is 2.46. The SMILES string of the molecule is COc1cccc(C2CC(=O)Nc3nc(N)sc32)c1OC(C)C. The van der Waals surface area contributed by atoms with Gasteiger partial charge in [-0.2, -0.15) is 0 Å². The Labute approximate surface area is 138 Å². The summed E-state index contributed by atoms with van der Waals surface area (Å²) in [5, 5.41) is 3.22. The van der Waals surface area contributed by atoms with Gasteiger partial charge < -0.3 is 20.5 Å². The molecule has 0 radical (unpaired) electrons. The highest BCUT2D eigenvalue weighted by Gasteiger charge is 2.32. The maximum absolute atomic E-state index is 12.0. The number of anilines is 2. The van der Waals surface area contributed by atoms with Gasteiger partial charge in [0, 0.05) is 17.9 Å². The zero-order chi connectivity index (χ0) is 16.6. The van der Waals surface area contributed by atoms with Crippen LogP contribution in [0.25, 0.3) is 0 Å². The Hall–Kier alpha value is -2.28. The zero-order valence-corrected chi connectivity index (χ0v) is 14.1. The fourth-order valence-corrected chi connectivity index (χ4v) is 3.63. The molecule has 0 saturated heterocycles. The van der Waals surface area contributed by atoms with Gasteiger partial charge in [0.1, 0.15) is 5.82 Å². The molecule has 0 saturated carbocycles. The van der Waals surface area contributed by atoms with Crippen molar-refractivity contribution in [3.8, 4) is 11.5 Å². The molecule has 1 unspecified atom stereocenters. The number of ether oxygens (including phenoxy) is 2. The van der Waals surface area contributed by atoms with Crippen LogP contribution in [0.15, 0.2) is 18.2 Å². The first-order valence-corrected chi connectivity index (χ1v) is 8.20. The Balaban J connectivity index is 2.13. The lowest BCUT2D eigenvalue weighted by Gasteiger charge is -2.25. The van der Waals surface area contributed by atoms with E-state index < -0.39 is 0 Å². The topological polar surface area (TPSA) is 86.5 Å². The van der Waals surface area contributed by atoms with E-state index in [2.05, 4.69) is 10.3 Å². The molecule has 3 N–H and O–H groups in total. The molecule has 3 rings (SSSR count). The minimum Gasteiger partial charge on any atom is -0.493 e. The molecule has 0 spiro atoms. The van der Waals surface area contributed by atoms with Crippen LogP contribution in [0.5, 0.6) is 11.5 Å². The average molecular weight is 333 g/mol. The van der Waals surface area contributed by atoms with E-state index in [1.807, 2.05) is 32.0 Å². The van der Waals surface area contributed by atoms with Crippen LogP contribution in [-0.4, -0.2) is 24.1 Å². The van der Waals surface area contributed by atoms with E-state index in [1.54, 1.807) is 7.11 Å². The third kappa shape index (κ3) is 2.96. The van der Waals surface area contributed by atoms with E-state index in [-0.39, 0.29) is 17.9 Å². The standard InChI is InChI=1S/C16H19N3O3S/c1-8(2)22-13-9(5-4-6-11(13)21-3)10-7-12(20)18-15-14(10)23-16(17)19-15/h4-6,8,10H,7H2,1-3H3,(H2,17,19)(H,18,20). The number of nitrogens with two attached hydrogens (primary N) is 1. The number of aromatic nitrogens is 1. The van der Waals surface area contributed by atoms with E-state index in [4.69, 9.17) is 15.2 Å². The lowest BCUT2D eigenvalue weighted by Crippen LogP contribution is -2.23. The number of carbonyl (C=O) groups is 1. The van der Waals surface area contributed by atoms with E-state index in [9.17, 15) is 4.79 Å². The van der Waals surface area contributed by atoms with E-state index in [1.165, 1.54) is 11.3 Å². The van der Waals surface area contributed by atoms with Crippen molar-refractivity contribution in [2.75, 3.05) is 18.2 Å². The number of nitrogens with one attached hydrogen (secondary N) is 1. The molecule has 0 bridgehead atoms. The van der Waals surface area contributed by atoms with Crippen LogP contribution in [0, 0.1) is 0 Å². The summed E-state index contributed by atoms with van der Waals surface area (Å²) >= 11 is 1.39. The number of benzene rings is 1. The maximum Gasteiger partial charge on any atom is 0.226 e. The summed E-state index contributed by atoms with van der Waals surface area (Å²) in [7, 11) is 1.61. The number of methoxy groups -OCH3 is 1. The fraction of sp³-hybridized carbons (Fsp3) is 0.375. The molecule has 7 heteroatoms. The number of hydrogen-bond donors (Lipinski definition) is 2. The molecule has 1 aliphatic rings. The second-order valence-corrected chi connectivity index (χ2v) is 6.68. The number of rotatable bonds is 4. The minimum absolute atomic E-state index is 0.00605. The molecule has 122 valence electrons. The van der Waals surface area contributed by atoms with Crippen molar-refractivity contribution in [3.05, 3.63) is 28.6 Å². The number of carbonyl (C=O) groups excluding carboxylic acids is 1. The summed E-state index contributed by atoms with van der Waals surface area (Å²) in [6, 6.07) is 5.72.